The maximum absolute atomic E-state index is 8.97. The third kappa shape index (κ3) is 2.17. The summed E-state index contributed by atoms with van der Waals surface area (Å²) in [4.78, 5) is 0. The summed E-state index contributed by atoms with van der Waals surface area (Å²) in [5, 5.41) is 19.2. The van der Waals surface area contributed by atoms with Gasteiger partial charge in [-0.1, -0.05) is 59.3 Å². The zero-order valence-electron chi connectivity index (χ0n) is 11.0. The van der Waals surface area contributed by atoms with Crippen LogP contribution >= 0.6 is 0 Å². The molecule has 0 saturated heterocycles. The standard InChI is InChI=1S/C16H12N4/c1-11-3-2-4-14(9-11)12-5-7-13(8-6-12)16-15(10-17)18-20-19-16/h2-9H,1H3,(H,18,19,20). The van der Waals surface area contributed by atoms with Crippen LogP contribution in [0.2, 0.25) is 0 Å². The fourth-order valence-corrected chi connectivity index (χ4v) is 2.15. The van der Waals surface area contributed by atoms with E-state index in [1.165, 1.54) is 11.1 Å². The Hall–Kier alpha value is -2.93. The molecule has 0 bridgehead atoms. The molecule has 0 unspecified atom stereocenters. The maximum atomic E-state index is 8.97. The summed E-state index contributed by atoms with van der Waals surface area (Å²) in [6, 6.07) is 18.4. The Bertz CT molecular complexity index is 779. The van der Waals surface area contributed by atoms with E-state index >= 15 is 0 Å². The van der Waals surface area contributed by atoms with Crippen molar-refractivity contribution in [2.45, 2.75) is 6.92 Å². The highest BCUT2D eigenvalue weighted by atomic mass is 15.3. The van der Waals surface area contributed by atoms with Crippen LogP contribution in [0.1, 0.15) is 11.3 Å². The van der Waals surface area contributed by atoms with Crippen LogP contribution in [0.15, 0.2) is 48.5 Å². The predicted molar refractivity (Wildman–Crippen MR) is 76.7 cm³/mol. The van der Waals surface area contributed by atoms with Gasteiger partial charge in [-0.15, -0.1) is 5.10 Å². The van der Waals surface area contributed by atoms with Gasteiger partial charge in [0.2, 0.25) is 0 Å². The second-order valence-corrected chi connectivity index (χ2v) is 4.59. The molecule has 0 spiro atoms. The summed E-state index contributed by atoms with van der Waals surface area (Å²) in [5.41, 5.74) is 5.40. The molecule has 4 nitrogen and oxygen atoms in total. The molecule has 1 aromatic heterocycles. The van der Waals surface area contributed by atoms with Gasteiger partial charge in [-0.25, -0.2) is 5.10 Å². The van der Waals surface area contributed by atoms with Gasteiger partial charge < -0.3 is 0 Å². The normalized spacial score (nSPS) is 10.2. The molecule has 0 atom stereocenters. The Morgan fingerprint density at radius 3 is 2.45 bits per heavy atom. The monoisotopic (exact) mass is 260 g/mol. The van der Waals surface area contributed by atoms with Crippen LogP contribution < -0.4 is 0 Å². The van der Waals surface area contributed by atoms with Gasteiger partial charge in [-0.05, 0) is 18.1 Å². The number of rotatable bonds is 2. The van der Waals surface area contributed by atoms with E-state index in [-0.39, 0.29) is 0 Å². The molecule has 1 heterocycles. The summed E-state index contributed by atoms with van der Waals surface area (Å²) in [7, 11) is 0. The number of H-pyrrole nitrogens is 1. The highest BCUT2D eigenvalue weighted by Gasteiger charge is 2.09. The molecule has 1 N–H and O–H groups in total. The van der Waals surface area contributed by atoms with E-state index in [1.807, 2.05) is 36.4 Å². The van der Waals surface area contributed by atoms with Crippen molar-refractivity contribution in [1.29, 1.82) is 5.26 Å². The van der Waals surface area contributed by atoms with Gasteiger partial charge in [-0.2, -0.15) is 5.26 Å². The Morgan fingerprint density at radius 1 is 1.00 bits per heavy atom. The Balaban J connectivity index is 1.98. The predicted octanol–water partition coefficient (Wildman–Crippen LogP) is 3.32. The molecule has 0 radical (unpaired) electrons. The van der Waals surface area contributed by atoms with Crippen LogP contribution in [-0.4, -0.2) is 15.4 Å². The van der Waals surface area contributed by atoms with E-state index in [0.29, 0.717) is 11.4 Å². The van der Waals surface area contributed by atoms with Gasteiger partial charge in [0.25, 0.3) is 0 Å². The first-order valence-electron chi connectivity index (χ1n) is 6.26. The lowest BCUT2D eigenvalue weighted by atomic mass is 10.0. The van der Waals surface area contributed by atoms with Crippen LogP contribution in [0.4, 0.5) is 0 Å². The van der Waals surface area contributed by atoms with Crippen molar-refractivity contribution < 1.29 is 0 Å². The SMILES string of the molecule is Cc1cccc(-c2ccc(-c3nn[nH]c3C#N)cc2)c1. The molecule has 0 aliphatic heterocycles. The minimum Gasteiger partial charge on any atom is -0.247 e. The minimum atomic E-state index is 0.383. The maximum Gasteiger partial charge on any atom is 0.163 e. The molecule has 20 heavy (non-hydrogen) atoms. The molecule has 0 saturated carbocycles. The molecule has 3 rings (SSSR count). The van der Waals surface area contributed by atoms with Crippen LogP contribution in [-0.2, 0) is 0 Å². The molecular formula is C16H12N4. The third-order valence-electron chi connectivity index (χ3n) is 3.17. The van der Waals surface area contributed by atoms with Crippen LogP contribution in [0, 0.1) is 18.3 Å². The molecule has 0 aliphatic carbocycles. The Kier molecular flexibility index (Phi) is 3.02. The van der Waals surface area contributed by atoms with Gasteiger partial charge >= 0.3 is 0 Å². The quantitative estimate of drug-likeness (QED) is 0.768. The van der Waals surface area contributed by atoms with Gasteiger partial charge in [0, 0.05) is 5.56 Å². The number of hydrogen-bond donors (Lipinski definition) is 1. The highest BCUT2D eigenvalue weighted by Crippen LogP contribution is 2.25. The lowest BCUT2D eigenvalue weighted by Crippen LogP contribution is -1.84. The summed E-state index contributed by atoms with van der Waals surface area (Å²) in [6.45, 7) is 2.08. The number of aromatic amines is 1. The fourth-order valence-electron chi connectivity index (χ4n) is 2.15. The van der Waals surface area contributed by atoms with Crippen molar-refractivity contribution in [2.24, 2.45) is 0 Å². The molecule has 4 heteroatoms. The first kappa shape index (κ1) is 12.1. The third-order valence-corrected chi connectivity index (χ3v) is 3.17. The number of benzene rings is 2. The molecule has 0 fully saturated rings. The van der Waals surface area contributed by atoms with Crippen molar-refractivity contribution in [3.8, 4) is 28.5 Å². The van der Waals surface area contributed by atoms with Crippen LogP contribution in [0.5, 0.6) is 0 Å². The second kappa shape index (κ2) is 4.98. The molecule has 3 aromatic rings. The lowest BCUT2D eigenvalue weighted by Gasteiger charge is -2.04. The molecule has 2 aromatic carbocycles. The first-order valence-corrected chi connectivity index (χ1v) is 6.26. The van der Waals surface area contributed by atoms with Crippen LogP contribution in [0.3, 0.4) is 0 Å². The number of aromatic nitrogens is 3. The zero-order valence-corrected chi connectivity index (χ0v) is 11.0. The van der Waals surface area contributed by atoms with E-state index in [0.717, 1.165) is 11.1 Å². The van der Waals surface area contributed by atoms with E-state index in [1.54, 1.807) is 0 Å². The van der Waals surface area contributed by atoms with Crippen molar-refractivity contribution >= 4 is 0 Å². The Labute approximate surface area is 116 Å². The summed E-state index contributed by atoms with van der Waals surface area (Å²) in [6.07, 6.45) is 0. The number of hydrogen-bond acceptors (Lipinski definition) is 3. The molecular weight excluding hydrogens is 248 g/mol. The van der Waals surface area contributed by atoms with Crippen molar-refractivity contribution in [1.82, 2.24) is 15.4 Å². The number of nitrogens with zero attached hydrogens (tertiary/aromatic N) is 3. The van der Waals surface area contributed by atoms with Crippen molar-refractivity contribution in [3.63, 3.8) is 0 Å². The van der Waals surface area contributed by atoms with Gasteiger partial charge in [0.1, 0.15) is 11.8 Å². The van der Waals surface area contributed by atoms with E-state index in [4.69, 9.17) is 5.26 Å². The largest absolute Gasteiger partial charge is 0.247 e. The molecule has 0 aliphatic rings. The number of nitriles is 1. The van der Waals surface area contributed by atoms with Crippen molar-refractivity contribution in [3.05, 3.63) is 59.8 Å². The van der Waals surface area contributed by atoms with Crippen molar-refractivity contribution in [2.75, 3.05) is 0 Å². The highest BCUT2D eigenvalue weighted by molar-refractivity contribution is 5.70. The lowest BCUT2D eigenvalue weighted by molar-refractivity contribution is 0.937. The number of nitrogens with one attached hydrogen (secondary N) is 1. The molecule has 96 valence electrons. The average Bonchev–Trinajstić information content (AvgIpc) is 2.96. The Morgan fingerprint density at radius 2 is 1.75 bits per heavy atom. The fraction of sp³-hybridized carbons (Fsp3) is 0.0625. The molecule has 0 amide bonds. The van der Waals surface area contributed by atoms with Gasteiger partial charge in [0.15, 0.2) is 5.69 Å². The van der Waals surface area contributed by atoms with Crippen LogP contribution in [0.25, 0.3) is 22.4 Å². The second-order valence-electron chi connectivity index (χ2n) is 4.59. The van der Waals surface area contributed by atoms with E-state index in [9.17, 15) is 0 Å². The van der Waals surface area contributed by atoms with E-state index < -0.39 is 0 Å². The summed E-state index contributed by atoms with van der Waals surface area (Å²) >= 11 is 0. The van der Waals surface area contributed by atoms with Gasteiger partial charge in [-0.3, -0.25) is 0 Å². The average molecular weight is 260 g/mol. The summed E-state index contributed by atoms with van der Waals surface area (Å²) < 4.78 is 0. The first-order chi connectivity index (χ1) is 9.78. The zero-order chi connectivity index (χ0) is 13.9. The number of aryl methyl sites for hydroxylation is 1. The van der Waals surface area contributed by atoms with E-state index in [2.05, 4.69) is 40.5 Å². The van der Waals surface area contributed by atoms with Gasteiger partial charge in [0.05, 0.1) is 0 Å². The minimum absolute atomic E-state index is 0.383. The smallest absolute Gasteiger partial charge is 0.163 e. The topological polar surface area (TPSA) is 65.4 Å². The summed E-state index contributed by atoms with van der Waals surface area (Å²) in [5.74, 6) is 0.